The van der Waals surface area contributed by atoms with Crippen molar-refractivity contribution in [2.24, 2.45) is 11.0 Å². The summed E-state index contributed by atoms with van der Waals surface area (Å²) in [6.07, 6.45) is 0.459. The largest absolute Gasteiger partial charge is 0.329 e. The third-order valence-corrected chi connectivity index (χ3v) is 3.19. The molecule has 1 aliphatic heterocycles. The molecule has 0 aliphatic carbocycles. The van der Waals surface area contributed by atoms with Crippen molar-refractivity contribution >= 4 is 34.3 Å². The van der Waals surface area contributed by atoms with E-state index in [1.165, 1.54) is 0 Å². The third-order valence-electron chi connectivity index (χ3n) is 3.01. The van der Waals surface area contributed by atoms with Crippen LogP contribution in [0.1, 0.15) is 18.9 Å². The first kappa shape index (κ1) is 11.2. The number of hydrogen-bond donors (Lipinski definition) is 2. The Hall–Kier alpha value is -1.88. The highest BCUT2D eigenvalue weighted by Crippen LogP contribution is 2.21. The van der Waals surface area contributed by atoms with Gasteiger partial charge in [-0.1, -0.05) is 13.0 Å². The molecular formula is C12H11ClN4O. The summed E-state index contributed by atoms with van der Waals surface area (Å²) in [5, 5.41) is 4.49. The summed E-state index contributed by atoms with van der Waals surface area (Å²) in [5.74, 6) is 0.0616. The highest BCUT2D eigenvalue weighted by molar-refractivity contribution is 6.29. The highest BCUT2D eigenvalue weighted by atomic mass is 35.5. The van der Waals surface area contributed by atoms with Crippen molar-refractivity contribution in [2.45, 2.75) is 13.3 Å². The van der Waals surface area contributed by atoms with E-state index >= 15 is 0 Å². The van der Waals surface area contributed by atoms with Crippen LogP contribution < -0.4 is 5.43 Å². The van der Waals surface area contributed by atoms with Crippen molar-refractivity contribution < 1.29 is 4.79 Å². The molecule has 3 rings (SSSR count). The van der Waals surface area contributed by atoms with Crippen molar-refractivity contribution in [3.05, 3.63) is 29.0 Å². The molecule has 0 saturated heterocycles. The topological polar surface area (TPSA) is 70.1 Å². The first-order valence-electron chi connectivity index (χ1n) is 5.65. The van der Waals surface area contributed by atoms with Crippen molar-refractivity contribution in [1.82, 2.24) is 15.4 Å². The van der Waals surface area contributed by atoms with Gasteiger partial charge in [-0.05, 0) is 23.7 Å². The van der Waals surface area contributed by atoms with Gasteiger partial charge in [0.15, 0.2) is 0 Å². The van der Waals surface area contributed by atoms with Gasteiger partial charge in [-0.2, -0.15) is 5.10 Å². The molecule has 2 aromatic rings. The van der Waals surface area contributed by atoms with Gasteiger partial charge >= 0.3 is 0 Å². The van der Waals surface area contributed by atoms with Crippen molar-refractivity contribution in [1.29, 1.82) is 0 Å². The minimum absolute atomic E-state index is 0.0445. The van der Waals surface area contributed by atoms with Crippen LogP contribution in [0.5, 0.6) is 0 Å². The Morgan fingerprint density at radius 2 is 2.28 bits per heavy atom. The molecule has 18 heavy (non-hydrogen) atoms. The molecule has 2 N–H and O–H groups in total. The van der Waals surface area contributed by atoms with Crippen LogP contribution in [0.2, 0.25) is 5.28 Å². The van der Waals surface area contributed by atoms with Crippen molar-refractivity contribution in [3.63, 3.8) is 0 Å². The lowest BCUT2D eigenvalue weighted by Gasteiger charge is -2.18. The number of aromatic nitrogens is 2. The number of hydrogen-bond acceptors (Lipinski definition) is 3. The maximum absolute atomic E-state index is 11.2. The molecule has 1 amide bonds. The first-order valence-corrected chi connectivity index (χ1v) is 6.03. The SMILES string of the molecule is CC1CC(=O)NN=C1c1ccc2nc(Cl)[nH]c2c1. The van der Waals surface area contributed by atoms with Gasteiger partial charge in [-0.3, -0.25) is 4.79 Å². The van der Waals surface area contributed by atoms with Gasteiger partial charge < -0.3 is 4.98 Å². The van der Waals surface area contributed by atoms with E-state index in [4.69, 9.17) is 11.6 Å². The molecule has 0 saturated carbocycles. The van der Waals surface area contributed by atoms with E-state index in [0.29, 0.717) is 11.7 Å². The molecule has 0 radical (unpaired) electrons. The molecule has 6 heteroatoms. The first-order chi connectivity index (χ1) is 8.63. The number of amides is 1. The van der Waals surface area contributed by atoms with Gasteiger partial charge in [0.05, 0.1) is 16.7 Å². The van der Waals surface area contributed by atoms with Crippen LogP contribution in [0.15, 0.2) is 23.3 Å². The fourth-order valence-corrected chi connectivity index (χ4v) is 2.33. The lowest BCUT2D eigenvalue weighted by atomic mass is 9.94. The number of imidazole rings is 1. The minimum Gasteiger partial charge on any atom is -0.329 e. The highest BCUT2D eigenvalue weighted by Gasteiger charge is 2.21. The summed E-state index contributed by atoms with van der Waals surface area (Å²) in [7, 11) is 0. The van der Waals surface area contributed by atoms with Crippen LogP contribution >= 0.6 is 11.6 Å². The van der Waals surface area contributed by atoms with Crippen molar-refractivity contribution in [2.75, 3.05) is 0 Å². The molecule has 5 nitrogen and oxygen atoms in total. The van der Waals surface area contributed by atoms with Crippen LogP contribution in [-0.2, 0) is 4.79 Å². The zero-order valence-corrected chi connectivity index (χ0v) is 10.5. The zero-order chi connectivity index (χ0) is 12.7. The van der Waals surface area contributed by atoms with Gasteiger partial charge in [0, 0.05) is 17.9 Å². The van der Waals surface area contributed by atoms with E-state index in [-0.39, 0.29) is 11.8 Å². The van der Waals surface area contributed by atoms with Crippen LogP contribution in [0, 0.1) is 5.92 Å². The molecule has 0 fully saturated rings. The summed E-state index contributed by atoms with van der Waals surface area (Å²) < 4.78 is 0. The maximum atomic E-state index is 11.2. The van der Waals surface area contributed by atoms with Crippen LogP contribution in [0.4, 0.5) is 0 Å². The monoisotopic (exact) mass is 262 g/mol. The number of carbonyl (C=O) groups excluding carboxylic acids is 1. The number of rotatable bonds is 1. The normalized spacial score (nSPS) is 19.8. The van der Waals surface area contributed by atoms with E-state index in [0.717, 1.165) is 22.3 Å². The molecule has 1 aromatic carbocycles. The van der Waals surface area contributed by atoms with Crippen LogP contribution in [-0.4, -0.2) is 21.6 Å². The summed E-state index contributed by atoms with van der Waals surface area (Å²) in [6.45, 7) is 1.99. The second-order valence-corrected chi connectivity index (χ2v) is 4.75. The van der Waals surface area contributed by atoms with Gasteiger partial charge in [-0.25, -0.2) is 10.4 Å². The lowest BCUT2D eigenvalue weighted by molar-refractivity contribution is -0.121. The second kappa shape index (κ2) is 4.10. The molecular weight excluding hydrogens is 252 g/mol. The number of nitrogens with zero attached hydrogens (tertiary/aromatic N) is 2. The van der Waals surface area contributed by atoms with Crippen LogP contribution in [0.3, 0.4) is 0 Å². The van der Waals surface area contributed by atoms with Gasteiger partial charge in [-0.15, -0.1) is 0 Å². The number of H-pyrrole nitrogens is 1. The molecule has 0 spiro atoms. The summed E-state index contributed by atoms with van der Waals surface area (Å²) in [4.78, 5) is 18.3. The number of nitrogens with one attached hydrogen (secondary N) is 2. The number of halogens is 1. The number of benzene rings is 1. The van der Waals surface area contributed by atoms with Crippen molar-refractivity contribution in [3.8, 4) is 0 Å². The average molecular weight is 263 g/mol. The Balaban J connectivity index is 2.06. The zero-order valence-electron chi connectivity index (χ0n) is 9.70. The third kappa shape index (κ3) is 1.86. The average Bonchev–Trinajstić information content (AvgIpc) is 2.68. The van der Waals surface area contributed by atoms with Gasteiger partial charge in [0.2, 0.25) is 11.2 Å². The van der Waals surface area contributed by atoms with E-state index in [1.54, 1.807) is 0 Å². The standard InChI is InChI=1S/C12H11ClN4O/c1-6-4-10(18)16-17-11(6)7-2-3-8-9(5-7)15-12(13)14-8/h2-3,5-6H,4H2,1H3,(H,14,15)(H,16,18). The fourth-order valence-electron chi connectivity index (χ4n) is 2.14. The van der Waals surface area contributed by atoms with E-state index in [2.05, 4.69) is 20.5 Å². The Bertz CT molecular complexity index is 661. The molecule has 1 aromatic heterocycles. The predicted octanol–water partition coefficient (Wildman–Crippen LogP) is 2.08. The fraction of sp³-hybridized carbons (Fsp3) is 0.250. The van der Waals surface area contributed by atoms with Gasteiger partial charge in [0.1, 0.15) is 0 Å². The van der Waals surface area contributed by atoms with Gasteiger partial charge in [0.25, 0.3) is 0 Å². The minimum atomic E-state index is -0.0445. The number of hydrazone groups is 1. The number of aromatic amines is 1. The van der Waals surface area contributed by atoms with E-state index < -0.39 is 0 Å². The lowest BCUT2D eigenvalue weighted by Crippen LogP contribution is -2.31. The number of carbonyl (C=O) groups is 1. The summed E-state index contributed by atoms with van der Waals surface area (Å²) in [5.41, 5.74) is 6.04. The Morgan fingerprint density at radius 1 is 1.44 bits per heavy atom. The Labute approximate surface area is 108 Å². The Kier molecular flexibility index (Phi) is 2.56. The van der Waals surface area contributed by atoms with E-state index in [9.17, 15) is 4.79 Å². The predicted molar refractivity (Wildman–Crippen MR) is 69.6 cm³/mol. The van der Waals surface area contributed by atoms with Crippen LogP contribution in [0.25, 0.3) is 11.0 Å². The molecule has 1 unspecified atom stereocenters. The molecule has 92 valence electrons. The smallest absolute Gasteiger partial charge is 0.240 e. The number of fused-ring (bicyclic) bond motifs is 1. The molecule has 1 aliphatic rings. The summed E-state index contributed by atoms with van der Waals surface area (Å²) >= 11 is 5.82. The second-order valence-electron chi connectivity index (χ2n) is 4.40. The molecule has 2 heterocycles. The maximum Gasteiger partial charge on any atom is 0.240 e. The molecule has 0 bridgehead atoms. The quantitative estimate of drug-likeness (QED) is 0.826. The molecule has 1 atom stereocenters. The summed E-state index contributed by atoms with van der Waals surface area (Å²) in [6, 6.07) is 5.77. The van der Waals surface area contributed by atoms with E-state index in [1.807, 2.05) is 25.1 Å². The Morgan fingerprint density at radius 3 is 3.06 bits per heavy atom.